The van der Waals surface area contributed by atoms with Crippen LogP contribution in [0.1, 0.15) is 35.7 Å². The molecule has 1 aromatic heterocycles. The van der Waals surface area contributed by atoms with E-state index in [1.54, 1.807) is 11.3 Å². The van der Waals surface area contributed by atoms with E-state index in [0.717, 1.165) is 19.1 Å². The van der Waals surface area contributed by atoms with E-state index >= 15 is 0 Å². The highest BCUT2D eigenvalue weighted by atomic mass is 32.1. The lowest BCUT2D eigenvalue weighted by atomic mass is 10.3. The molecule has 3 rings (SSSR count). The molecule has 2 heterocycles. The zero-order valence-electron chi connectivity index (χ0n) is 12.4. The van der Waals surface area contributed by atoms with E-state index in [0.29, 0.717) is 0 Å². The first-order valence-corrected chi connectivity index (χ1v) is 8.21. The number of likely N-dealkylation sites (N-methyl/N-ethyl adjacent to an activating group) is 1. The van der Waals surface area contributed by atoms with Crippen LogP contribution in [0.3, 0.4) is 0 Å². The smallest absolute Gasteiger partial charge is 0.241 e. The van der Waals surface area contributed by atoms with Crippen LogP contribution in [0.5, 0.6) is 0 Å². The summed E-state index contributed by atoms with van der Waals surface area (Å²) < 4.78 is 0. The van der Waals surface area contributed by atoms with E-state index in [4.69, 9.17) is 0 Å². The minimum absolute atomic E-state index is 0.0591. The number of carbonyl (C=O) groups is 1. The Balaban J connectivity index is 1.69. The fourth-order valence-corrected chi connectivity index (χ4v) is 3.76. The Morgan fingerprint density at radius 1 is 1.45 bits per heavy atom. The lowest BCUT2D eigenvalue weighted by Gasteiger charge is -2.26. The molecule has 4 nitrogen and oxygen atoms in total. The number of thiophene rings is 1. The zero-order valence-corrected chi connectivity index (χ0v) is 13.2. The second-order valence-corrected chi connectivity index (χ2v) is 7.30. The van der Waals surface area contributed by atoms with Gasteiger partial charge < -0.3 is 9.80 Å². The van der Waals surface area contributed by atoms with Crippen molar-refractivity contribution in [1.29, 1.82) is 0 Å². The molecule has 0 aromatic carbocycles. The molecular formula is C15H23N3OS. The van der Waals surface area contributed by atoms with Crippen molar-refractivity contribution in [3.8, 4) is 0 Å². The van der Waals surface area contributed by atoms with E-state index in [9.17, 15) is 4.79 Å². The van der Waals surface area contributed by atoms with Gasteiger partial charge in [-0.3, -0.25) is 10.1 Å². The number of aryl methyl sites for hydroxylation is 1. The molecule has 110 valence electrons. The molecule has 2 aliphatic rings. The summed E-state index contributed by atoms with van der Waals surface area (Å²) in [6, 6.07) is 4.94. The normalized spacial score (nSPS) is 26.8. The molecule has 2 atom stereocenters. The van der Waals surface area contributed by atoms with Gasteiger partial charge in [-0.25, -0.2) is 0 Å². The number of hydrogen-bond donors (Lipinski definition) is 1. The van der Waals surface area contributed by atoms with Crippen LogP contribution in [0.4, 0.5) is 0 Å². The highest BCUT2D eigenvalue weighted by Crippen LogP contribution is 2.31. The molecule has 20 heavy (non-hydrogen) atoms. The van der Waals surface area contributed by atoms with Gasteiger partial charge in [0, 0.05) is 28.9 Å². The fourth-order valence-electron chi connectivity index (χ4n) is 2.81. The molecule has 1 saturated heterocycles. The number of carbonyl (C=O) groups excluding carboxylic acids is 1. The molecule has 5 heteroatoms. The van der Waals surface area contributed by atoms with Crippen molar-refractivity contribution < 1.29 is 4.79 Å². The van der Waals surface area contributed by atoms with Crippen molar-refractivity contribution in [2.75, 3.05) is 20.1 Å². The monoisotopic (exact) mass is 293 g/mol. The number of nitrogens with one attached hydrogen (secondary N) is 1. The van der Waals surface area contributed by atoms with Gasteiger partial charge in [0.1, 0.15) is 6.17 Å². The predicted molar refractivity (Wildman–Crippen MR) is 81.8 cm³/mol. The maximum absolute atomic E-state index is 12.3. The van der Waals surface area contributed by atoms with Gasteiger partial charge in [-0.2, -0.15) is 0 Å². The first-order valence-electron chi connectivity index (χ1n) is 7.39. The fraction of sp³-hybridized carbons (Fsp3) is 0.667. The molecule has 1 aliphatic carbocycles. The van der Waals surface area contributed by atoms with Gasteiger partial charge in [-0.1, -0.05) is 0 Å². The summed E-state index contributed by atoms with van der Waals surface area (Å²) in [7, 11) is 2.17. The lowest BCUT2D eigenvalue weighted by Crippen LogP contribution is -2.37. The van der Waals surface area contributed by atoms with Gasteiger partial charge >= 0.3 is 0 Å². The molecule has 1 aliphatic heterocycles. The number of nitrogens with zero attached hydrogens (tertiary/aromatic N) is 2. The quantitative estimate of drug-likeness (QED) is 0.901. The standard InChI is InChI=1S/C15H23N3OS/c1-10-4-7-13(20-10)14-16-11(2)15(19)18(14)9-8-17(3)12-5-6-12/h4,7,11-12,14,16H,5-6,8-9H2,1-3H3. The Hall–Kier alpha value is -0.910. The van der Waals surface area contributed by atoms with Gasteiger partial charge in [0.25, 0.3) is 0 Å². The van der Waals surface area contributed by atoms with Gasteiger partial charge in [-0.05, 0) is 45.9 Å². The molecular weight excluding hydrogens is 270 g/mol. The van der Waals surface area contributed by atoms with Crippen LogP contribution in [-0.4, -0.2) is 47.9 Å². The van der Waals surface area contributed by atoms with Gasteiger partial charge in [-0.15, -0.1) is 11.3 Å². The van der Waals surface area contributed by atoms with Gasteiger partial charge in [0.15, 0.2) is 0 Å². The topological polar surface area (TPSA) is 35.6 Å². The van der Waals surface area contributed by atoms with Crippen LogP contribution in [0.2, 0.25) is 0 Å². The number of hydrogen-bond acceptors (Lipinski definition) is 4. The van der Waals surface area contributed by atoms with Crippen molar-refractivity contribution in [1.82, 2.24) is 15.1 Å². The van der Waals surface area contributed by atoms with Crippen LogP contribution < -0.4 is 5.32 Å². The lowest BCUT2D eigenvalue weighted by molar-refractivity contribution is -0.130. The van der Waals surface area contributed by atoms with Crippen LogP contribution in [-0.2, 0) is 4.79 Å². The van der Waals surface area contributed by atoms with Gasteiger partial charge in [0.2, 0.25) is 5.91 Å². The highest BCUT2D eigenvalue weighted by Gasteiger charge is 2.38. The van der Waals surface area contributed by atoms with Gasteiger partial charge in [0.05, 0.1) is 6.04 Å². The molecule has 0 spiro atoms. The third-order valence-corrected chi connectivity index (χ3v) is 5.32. The Bertz CT molecular complexity index is 497. The van der Waals surface area contributed by atoms with Crippen molar-refractivity contribution in [3.63, 3.8) is 0 Å². The van der Waals surface area contributed by atoms with E-state index in [1.807, 2.05) is 11.8 Å². The molecule has 2 unspecified atom stereocenters. The van der Waals surface area contributed by atoms with E-state index in [-0.39, 0.29) is 18.1 Å². The Kier molecular flexibility index (Phi) is 3.84. The van der Waals surface area contributed by atoms with Crippen LogP contribution in [0, 0.1) is 6.92 Å². The van der Waals surface area contributed by atoms with Crippen molar-refractivity contribution in [2.24, 2.45) is 0 Å². The maximum Gasteiger partial charge on any atom is 0.241 e. The molecule has 1 amide bonds. The summed E-state index contributed by atoms with van der Waals surface area (Å²) in [5, 5.41) is 3.42. The molecule has 1 saturated carbocycles. The first kappa shape index (κ1) is 14.0. The molecule has 0 bridgehead atoms. The summed E-state index contributed by atoms with van der Waals surface area (Å²) in [5.74, 6) is 0.227. The number of amides is 1. The molecule has 1 N–H and O–H groups in total. The maximum atomic E-state index is 12.3. The minimum atomic E-state index is -0.0753. The Morgan fingerprint density at radius 2 is 2.20 bits per heavy atom. The second kappa shape index (κ2) is 5.47. The molecule has 2 fully saturated rings. The van der Waals surface area contributed by atoms with Crippen LogP contribution in [0.25, 0.3) is 0 Å². The van der Waals surface area contributed by atoms with Crippen LogP contribution in [0.15, 0.2) is 12.1 Å². The summed E-state index contributed by atoms with van der Waals surface area (Å²) in [4.78, 5) is 19.3. The largest absolute Gasteiger partial charge is 0.319 e. The average molecular weight is 293 g/mol. The van der Waals surface area contributed by atoms with E-state index < -0.39 is 0 Å². The van der Waals surface area contributed by atoms with Crippen molar-refractivity contribution in [3.05, 3.63) is 21.9 Å². The Labute approximate surface area is 124 Å². The van der Waals surface area contributed by atoms with E-state index in [1.165, 1.54) is 22.6 Å². The second-order valence-electron chi connectivity index (χ2n) is 5.98. The molecule has 1 aromatic rings. The SMILES string of the molecule is Cc1ccc(C2NC(C)C(=O)N2CCN(C)C2CC2)s1. The van der Waals surface area contributed by atoms with Crippen LogP contribution >= 0.6 is 11.3 Å². The Morgan fingerprint density at radius 3 is 2.80 bits per heavy atom. The van der Waals surface area contributed by atoms with Crippen molar-refractivity contribution >= 4 is 17.2 Å². The van der Waals surface area contributed by atoms with Crippen molar-refractivity contribution in [2.45, 2.75) is 44.9 Å². The average Bonchev–Trinajstić information content (AvgIpc) is 3.13. The third-order valence-electron chi connectivity index (χ3n) is 4.27. The third kappa shape index (κ3) is 2.75. The summed E-state index contributed by atoms with van der Waals surface area (Å²) in [6.45, 7) is 5.84. The zero-order chi connectivity index (χ0) is 14.3. The highest BCUT2D eigenvalue weighted by molar-refractivity contribution is 7.12. The first-order chi connectivity index (χ1) is 9.56. The predicted octanol–water partition coefficient (Wildman–Crippen LogP) is 1.97. The summed E-state index contributed by atoms with van der Waals surface area (Å²) >= 11 is 1.78. The van der Waals surface area contributed by atoms with E-state index in [2.05, 4.69) is 36.3 Å². The minimum Gasteiger partial charge on any atom is -0.319 e. The number of rotatable bonds is 5. The summed E-state index contributed by atoms with van der Waals surface area (Å²) in [5.41, 5.74) is 0. The summed E-state index contributed by atoms with van der Waals surface area (Å²) in [6.07, 6.45) is 2.68. The molecule has 0 radical (unpaired) electrons.